The number of aromatic nitrogens is 12. The molecule has 0 radical (unpaired) electrons. The van der Waals surface area contributed by atoms with Crippen molar-refractivity contribution in [3.8, 4) is 45.6 Å². The van der Waals surface area contributed by atoms with Crippen molar-refractivity contribution >= 4 is 46.4 Å². The molecule has 7 aromatic rings. The van der Waals surface area contributed by atoms with Crippen molar-refractivity contribution in [2.45, 2.75) is 55.4 Å². The standard InChI is InChI=1S/C48H57N12.4HI/c1-25-26(2)54(10)45(53(25)9)41-33-17-19-35(49-33)42(46-55(11)27(3)28(4)56(46)12)37-21-23-39(51-37)44(48-59(15)31(7)32(8)60(48)16)40-24-22-38(52-40)43(36-20-18-34(41)50-36)47-57(13)29(5)30(6)58(47)14;;;;/h17-24H,1-16H3,(H,49,50,51,52);4*1H/q+3;;;;/p-3. The van der Waals surface area contributed by atoms with Crippen molar-refractivity contribution in [2.24, 2.45) is 56.4 Å². The van der Waals surface area contributed by atoms with E-state index >= 15 is 0 Å². The molecule has 9 heterocycles. The molecular weight excluding hydrogens is 1250 g/mol. The summed E-state index contributed by atoms with van der Waals surface area (Å²) in [6.45, 7) is 17.5. The largest absolute Gasteiger partial charge is 1.00 e. The third-order valence-electron chi connectivity index (χ3n) is 14.3. The van der Waals surface area contributed by atoms with E-state index in [9.17, 15) is 0 Å². The molecule has 7 aromatic heterocycles. The van der Waals surface area contributed by atoms with Gasteiger partial charge in [0, 0.05) is 55.4 Å². The Hall–Kier alpha value is -3.64. The van der Waals surface area contributed by atoms with E-state index in [2.05, 4.69) is 207 Å². The van der Waals surface area contributed by atoms with Crippen LogP contribution >= 0.6 is 0 Å². The van der Waals surface area contributed by atoms with E-state index in [4.69, 9.17) is 9.97 Å². The molecule has 0 saturated heterocycles. The highest BCUT2D eigenvalue weighted by molar-refractivity contribution is 5.97. The average Bonchev–Trinajstić information content (AvgIpc) is 4.13. The Morgan fingerprint density at radius 2 is 0.547 bits per heavy atom. The third kappa shape index (κ3) is 7.47. The average molecular weight is 1310 g/mol. The van der Waals surface area contributed by atoms with Gasteiger partial charge >= 0.3 is 0 Å². The lowest BCUT2D eigenvalue weighted by Gasteiger charge is -2.05. The summed E-state index contributed by atoms with van der Waals surface area (Å²) in [7, 11) is 17.2. The molecule has 2 N–H and O–H groups in total. The van der Waals surface area contributed by atoms with Crippen LogP contribution in [0.25, 0.3) is 91.9 Å². The van der Waals surface area contributed by atoms with Crippen LogP contribution in [0.15, 0.2) is 24.3 Å². The lowest BCUT2D eigenvalue weighted by molar-refractivity contribution is -0.666. The number of hydrogen-bond acceptors (Lipinski definition) is 2. The zero-order valence-electron chi connectivity index (χ0n) is 39.6. The van der Waals surface area contributed by atoms with Gasteiger partial charge in [0.15, 0.2) is 0 Å². The second-order valence-electron chi connectivity index (χ2n) is 17.0. The van der Waals surface area contributed by atoms with Gasteiger partial charge in [0.1, 0.15) is 67.8 Å². The summed E-state index contributed by atoms with van der Waals surface area (Å²) < 4.78 is 18.3. The summed E-state index contributed by atoms with van der Waals surface area (Å²) in [5, 5.41) is 0. The number of H-pyrrole nitrogens is 2. The number of nitrogens with zero attached hydrogens (tertiary/aromatic N) is 10. The second-order valence-corrected chi connectivity index (χ2v) is 17.0. The topological polar surface area (TPSA) is 92.6 Å². The molecule has 0 atom stereocenters. The van der Waals surface area contributed by atoms with E-state index in [1.54, 1.807) is 0 Å². The number of hydrogen-bond donors (Lipinski definition) is 2. The van der Waals surface area contributed by atoms with E-state index in [0.717, 1.165) is 90.4 Å². The molecule has 0 amide bonds. The van der Waals surface area contributed by atoms with E-state index in [0.29, 0.717) is 0 Å². The van der Waals surface area contributed by atoms with Gasteiger partial charge in [-0.05, 0) is 48.6 Å². The number of halogens is 4. The molecule has 0 saturated carbocycles. The van der Waals surface area contributed by atoms with Crippen molar-refractivity contribution in [1.82, 2.24) is 38.2 Å². The van der Waals surface area contributed by atoms with Gasteiger partial charge in [0.05, 0.1) is 101 Å². The Morgan fingerprint density at radius 1 is 0.359 bits per heavy atom. The molecule has 9 rings (SSSR count). The van der Waals surface area contributed by atoms with Gasteiger partial charge < -0.3 is 106 Å². The molecule has 0 aromatic carbocycles. The van der Waals surface area contributed by atoms with Crippen LogP contribution < -0.4 is 114 Å². The van der Waals surface area contributed by atoms with Gasteiger partial charge in [-0.2, -0.15) is 0 Å². The molecule has 8 bridgehead atoms. The fourth-order valence-electron chi connectivity index (χ4n) is 9.60. The zero-order valence-corrected chi connectivity index (χ0v) is 48.2. The summed E-state index contributed by atoms with van der Waals surface area (Å²) in [5.74, 6) is 4.26. The maximum atomic E-state index is 5.61. The molecule has 2 aliphatic heterocycles. The number of nitrogens with one attached hydrogen (secondary N) is 2. The van der Waals surface area contributed by atoms with Crippen LogP contribution in [0.2, 0.25) is 0 Å². The Kier molecular flexibility index (Phi) is 14.9. The lowest BCUT2D eigenvalue weighted by Crippen LogP contribution is -3.00. The quantitative estimate of drug-likeness (QED) is 0.136. The van der Waals surface area contributed by atoms with Gasteiger partial charge in [-0.1, -0.05) is 0 Å². The smallest absolute Gasteiger partial charge is 0.293 e. The van der Waals surface area contributed by atoms with Crippen LogP contribution in [0.3, 0.4) is 0 Å². The summed E-state index contributed by atoms with van der Waals surface area (Å²) in [5.41, 5.74) is 21.1. The van der Waals surface area contributed by atoms with Gasteiger partial charge in [-0.25, -0.2) is 46.5 Å². The fourth-order valence-corrected chi connectivity index (χ4v) is 9.60. The summed E-state index contributed by atoms with van der Waals surface area (Å²) >= 11 is 0. The van der Waals surface area contributed by atoms with Crippen molar-refractivity contribution in [3.63, 3.8) is 0 Å². The molecule has 0 aliphatic carbocycles. The first-order valence-electron chi connectivity index (χ1n) is 20.7. The van der Waals surface area contributed by atoms with Crippen LogP contribution in [0.4, 0.5) is 0 Å². The minimum atomic E-state index is 0. The van der Waals surface area contributed by atoms with E-state index in [-0.39, 0.29) is 95.9 Å². The van der Waals surface area contributed by atoms with Crippen molar-refractivity contribution in [1.29, 1.82) is 0 Å². The normalized spacial score (nSPS) is 11.8. The SMILES string of the molecule is Cc1c(C)[n+](C)c(-c2c3nc(c(-c4n(C)c(C)c(C)[n+]4C)c4ccc([nH]4)c(-c4n(C)c(C)c(C)[n+]4C)c4nc(c(-c5n(C)c(C)c(C)[n+]5C)c5ccc2[nH]5)C=C4)C=C3)n1C.[I-].[I-].[I-].[I-]. The van der Waals surface area contributed by atoms with Crippen molar-refractivity contribution in [3.05, 3.63) is 92.6 Å². The highest BCUT2D eigenvalue weighted by Crippen LogP contribution is 2.38. The summed E-state index contributed by atoms with van der Waals surface area (Å²) in [6.07, 6.45) is 8.72. The van der Waals surface area contributed by atoms with Crippen LogP contribution in [-0.4, -0.2) is 38.2 Å². The van der Waals surface area contributed by atoms with Crippen LogP contribution in [0, 0.1) is 55.4 Å². The van der Waals surface area contributed by atoms with Gasteiger partial charge in [0.2, 0.25) is 0 Å². The monoisotopic (exact) mass is 1310 g/mol. The molecule has 2 aliphatic rings. The first-order valence-corrected chi connectivity index (χ1v) is 20.7. The molecule has 16 heteroatoms. The van der Waals surface area contributed by atoms with Crippen LogP contribution in [0.1, 0.15) is 68.3 Å². The Labute approximate surface area is 444 Å². The van der Waals surface area contributed by atoms with Gasteiger partial charge in [-0.15, -0.1) is 0 Å². The predicted octanol–water partition coefficient (Wildman–Crippen LogP) is -5.54. The number of rotatable bonds is 4. The first kappa shape index (κ1) is 51.3. The summed E-state index contributed by atoms with van der Waals surface area (Å²) in [4.78, 5) is 19.1. The molecule has 0 spiro atoms. The van der Waals surface area contributed by atoms with E-state index in [1.165, 1.54) is 45.6 Å². The zero-order chi connectivity index (χ0) is 43.0. The predicted molar refractivity (Wildman–Crippen MR) is 239 cm³/mol. The van der Waals surface area contributed by atoms with E-state index in [1.807, 2.05) is 0 Å². The number of imidazole rings is 4. The number of fused-ring (bicyclic) bond motifs is 8. The Balaban J connectivity index is 0.00000193. The Bertz CT molecular complexity index is 2760. The molecular formula is C48H58I4N12. The van der Waals surface area contributed by atoms with Gasteiger partial charge in [0.25, 0.3) is 23.3 Å². The molecule has 0 unspecified atom stereocenters. The van der Waals surface area contributed by atoms with Crippen LogP contribution in [0.5, 0.6) is 0 Å². The molecule has 12 nitrogen and oxygen atoms in total. The number of aromatic amines is 2. The fraction of sp³-hybridized carbons (Fsp3) is 0.333. The minimum absolute atomic E-state index is 0. The van der Waals surface area contributed by atoms with Crippen LogP contribution in [-0.2, 0) is 56.4 Å². The highest BCUT2D eigenvalue weighted by Gasteiger charge is 2.33. The molecule has 0 fully saturated rings. The first-order chi connectivity index (χ1) is 28.4. The Morgan fingerprint density at radius 3 is 0.703 bits per heavy atom. The van der Waals surface area contributed by atoms with Gasteiger partial charge in [-0.3, -0.25) is 0 Å². The lowest BCUT2D eigenvalue weighted by atomic mass is 10.1. The highest BCUT2D eigenvalue weighted by atomic mass is 127. The van der Waals surface area contributed by atoms with Crippen molar-refractivity contribution < 1.29 is 114 Å². The second kappa shape index (κ2) is 18.6. The summed E-state index contributed by atoms with van der Waals surface area (Å²) in [6, 6.07) is 8.83. The maximum absolute atomic E-state index is 5.61. The third-order valence-corrected chi connectivity index (χ3v) is 14.3. The molecule has 64 heavy (non-hydrogen) atoms. The maximum Gasteiger partial charge on any atom is 0.293 e. The molecule has 338 valence electrons. The minimum Gasteiger partial charge on any atom is -1.00 e. The van der Waals surface area contributed by atoms with Crippen molar-refractivity contribution in [2.75, 3.05) is 0 Å². The van der Waals surface area contributed by atoms with E-state index < -0.39 is 0 Å².